The van der Waals surface area contributed by atoms with Crippen LogP contribution in [0, 0.1) is 0 Å². The fraction of sp³-hybridized carbons (Fsp3) is 0.857. The van der Waals surface area contributed by atoms with Crippen LogP contribution in [0.4, 0.5) is 0 Å². The highest BCUT2D eigenvalue weighted by molar-refractivity contribution is 5.65. The van der Waals surface area contributed by atoms with Crippen LogP contribution < -0.4 is 0 Å². The molecule has 0 N–H and O–H groups in total. The first-order valence-corrected chi connectivity index (χ1v) is 3.62. The summed E-state index contributed by atoms with van der Waals surface area (Å²) < 4.78 is 15.1. The molecular formula is C7H12O4. The van der Waals surface area contributed by atoms with E-state index in [9.17, 15) is 4.79 Å². The van der Waals surface area contributed by atoms with Gasteiger partial charge in [-0.2, -0.15) is 0 Å². The Morgan fingerprint density at radius 3 is 3.00 bits per heavy atom. The van der Waals surface area contributed by atoms with E-state index in [1.165, 1.54) is 6.92 Å². The first-order chi connectivity index (χ1) is 5.29. The quantitative estimate of drug-likeness (QED) is 0.532. The number of carbonyl (C=O) groups excluding carboxylic acids is 1. The largest absolute Gasteiger partial charge is 0.463 e. The Hall–Kier alpha value is -0.610. The van der Waals surface area contributed by atoms with Crippen LogP contribution in [0.5, 0.6) is 0 Å². The van der Waals surface area contributed by atoms with Crippen LogP contribution in [0.25, 0.3) is 0 Å². The minimum absolute atomic E-state index is 0.0763. The van der Waals surface area contributed by atoms with E-state index in [4.69, 9.17) is 14.2 Å². The zero-order chi connectivity index (χ0) is 8.10. The molecule has 4 nitrogen and oxygen atoms in total. The Morgan fingerprint density at radius 1 is 1.64 bits per heavy atom. The van der Waals surface area contributed by atoms with E-state index >= 15 is 0 Å². The SMILES string of the molecule is CC(=O)OC[C@H]1COCCO1. The number of esters is 1. The molecule has 1 atom stereocenters. The average Bonchev–Trinajstić information content (AvgIpc) is 2.03. The second-order valence-corrected chi connectivity index (χ2v) is 2.37. The van der Waals surface area contributed by atoms with E-state index in [1.54, 1.807) is 0 Å². The van der Waals surface area contributed by atoms with Gasteiger partial charge in [0.2, 0.25) is 0 Å². The highest BCUT2D eigenvalue weighted by atomic mass is 16.6. The summed E-state index contributed by atoms with van der Waals surface area (Å²) in [6, 6.07) is 0. The summed E-state index contributed by atoms with van der Waals surface area (Å²) in [6.45, 7) is 3.43. The van der Waals surface area contributed by atoms with Crippen molar-refractivity contribution < 1.29 is 19.0 Å². The lowest BCUT2D eigenvalue weighted by Gasteiger charge is -2.22. The van der Waals surface area contributed by atoms with Crippen molar-refractivity contribution in [3.05, 3.63) is 0 Å². The highest BCUT2D eigenvalue weighted by Gasteiger charge is 2.14. The molecule has 0 aromatic carbocycles. The van der Waals surface area contributed by atoms with Gasteiger partial charge in [0, 0.05) is 6.92 Å². The molecule has 11 heavy (non-hydrogen) atoms. The maximum Gasteiger partial charge on any atom is 0.302 e. The molecule has 1 aliphatic heterocycles. The van der Waals surface area contributed by atoms with E-state index in [0.717, 1.165) is 0 Å². The van der Waals surface area contributed by atoms with E-state index in [2.05, 4.69) is 0 Å². The number of hydrogen-bond acceptors (Lipinski definition) is 4. The van der Waals surface area contributed by atoms with E-state index < -0.39 is 0 Å². The van der Waals surface area contributed by atoms with Crippen LogP contribution >= 0.6 is 0 Å². The molecule has 0 bridgehead atoms. The minimum atomic E-state index is -0.279. The first-order valence-electron chi connectivity index (χ1n) is 3.62. The van der Waals surface area contributed by atoms with Gasteiger partial charge >= 0.3 is 5.97 Å². The summed E-state index contributed by atoms with van der Waals surface area (Å²) >= 11 is 0. The molecule has 1 saturated heterocycles. The molecule has 0 radical (unpaired) electrons. The maximum absolute atomic E-state index is 10.4. The van der Waals surface area contributed by atoms with Gasteiger partial charge in [0.05, 0.1) is 19.8 Å². The van der Waals surface area contributed by atoms with Gasteiger partial charge in [-0.05, 0) is 0 Å². The number of rotatable bonds is 2. The van der Waals surface area contributed by atoms with Crippen LogP contribution in [-0.4, -0.2) is 38.5 Å². The number of hydrogen-bond donors (Lipinski definition) is 0. The van der Waals surface area contributed by atoms with Crippen LogP contribution in [0.2, 0.25) is 0 Å². The molecular weight excluding hydrogens is 148 g/mol. The Labute approximate surface area is 65.4 Å². The Kier molecular flexibility index (Phi) is 3.32. The molecule has 0 saturated carbocycles. The Morgan fingerprint density at radius 2 is 2.45 bits per heavy atom. The van der Waals surface area contributed by atoms with Crippen molar-refractivity contribution in [2.24, 2.45) is 0 Å². The van der Waals surface area contributed by atoms with Gasteiger partial charge in [-0.15, -0.1) is 0 Å². The summed E-state index contributed by atoms with van der Waals surface area (Å²) in [5.74, 6) is -0.279. The predicted molar refractivity (Wildman–Crippen MR) is 37.2 cm³/mol. The monoisotopic (exact) mass is 160 g/mol. The van der Waals surface area contributed by atoms with Crippen molar-refractivity contribution in [2.75, 3.05) is 26.4 Å². The standard InChI is InChI=1S/C7H12O4/c1-6(8)11-5-7-4-9-2-3-10-7/h7H,2-5H2,1H3/t7-/m1/s1. The molecule has 64 valence electrons. The second-order valence-electron chi connectivity index (χ2n) is 2.37. The summed E-state index contributed by atoms with van der Waals surface area (Å²) in [4.78, 5) is 10.4. The van der Waals surface area contributed by atoms with Gasteiger partial charge < -0.3 is 14.2 Å². The lowest BCUT2D eigenvalue weighted by molar-refractivity contribution is -0.153. The summed E-state index contributed by atoms with van der Waals surface area (Å²) in [7, 11) is 0. The van der Waals surface area contributed by atoms with Crippen molar-refractivity contribution in [2.45, 2.75) is 13.0 Å². The highest BCUT2D eigenvalue weighted by Crippen LogP contribution is 2.00. The average molecular weight is 160 g/mol. The third-order valence-electron chi connectivity index (χ3n) is 1.36. The van der Waals surface area contributed by atoms with Crippen LogP contribution in [0.15, 0.2) is 0 Å². The number of carbonyl (C=O) groups is 1. The van der Waals surface area contributed by atoms with Gasteiger partial charge in [-0.25, -0.2) is 0 Å². The zero-order valence-corrected chi connectivity index (χ0v) is 6.54. The molecule has 0 spiro atoms. The third-order valence-corrected chi connectivity index (χ3v) is 1.36. The predicted octanol–water partition coefficient (Wildman–Crippen LogP) is -0.0351. The van der Waals surface area contributed by atoms with E-state index in [1.807, 2.05) is 0 Å². The van der Waals surface area contributed by atoms with Gasteiger partial charge in [-0.3, -0.25) is 4.79 Å². The smallest absolute Gasteiger partial charge is 0.302 e. The number of ether oxygens (including phenoxy) is 3. The summed E-state index contributed by atoms with van der Waals surface area (Å²) in [5, 5.41) is 0. The Balaban J connectivity index is 2.09. The molecule has 1 fully saturated rings. The minimum Gasteiger partial charge on any atom is -0.463 e. The summed E-state index contributed by atoms with van der Waals surface area (Å²) in [6.07, 6.45) is -0.0763. The van der Waals surface area contributed by atoms with Crippen molar-refractivity contribution >= 4 is 5.97 Å². The molecule has 0 aromatic heterocycles. The molecule has 0 unspecified atom stereocenters. The molecule has 4 heteroatoms. The fourth-order valence-corrected chi connectivity index (χ4v) is 0.843. The van der Waals surface area contributed by atoms with E-state index in [-0.39, 0.29) is 12.1 Å². The normalized spacial score (nSPS) is 24.6. The van der Waals surface area contributed by atoms with Crippen LogP contribution in [0.1, 0.15) is 6.92 Å². The zero-order valence-electron chi connectivity index (χ0n) is 6.54. The van der Waals surface area contributed by atoms with Crippen molar-refractivity contribution in [1.29, 1.82) is 0 Å². The van der Waals surface area contributed by atoms with Gasteiger partial charge in [0.1, 0.15) is 12.7 Å². The Bertz CT molecular complexity index is 128. The summed E-state index contributed by atoms with van der Waals surface area (Å²) in [5.41, 5.74) is 0. The van der Waals surface area contributed by atoms with Crippen molar-refractivity contribution in [3.8, 4) is 0 Å². The second kappa shape index (κ2) is 4.31. The molecule has 1 rings (SSSR count). The topological polar surface area (TPSA) is 44.8 Å². The lowest BCUT2D eigenvalue weighted by atomic mass is 10.4. The lowest BCUT2D eigenvalue weighted by Crippen LogP contribution is -2.32. The third kappa shape index (κ3) is 3.34. The molecule has 0 amide bonds. The first kappa shape index (κ1) is 8.49. The van der Waals surface area contributed by atoms with Gasteiger partial charge in [-0.1, -0.05) is 0 Å². The molecule has 0 aromatic rings. The van der Waals surface area contributed by atoms with Crippen LogP contribution in [0.3, 0.4) is 0 Å². The molecule has 1 heterocycles. The van der Waals surface area contributed by atoms with E-state index in [0.29, 0.717) is 26.4 Å². The van der Waals surface area contributed by atoms with Crippen molar-refractivity contribution in [3.63, 3.8) is 0 Å². The van der Waals surface area contributed by atoms with Gasteiger partial charge in [0.25, 0.3) is 0 Å². The van der Waals surface area contributed by atoms with Crippen molar-refractivity contribution in [1.82, 2.24) is 0 Å². The molecule has 1 aliphatic rings. The molecule has 0 aliphatic carbocycles. The van der Waals surface area contributed by atoms with Crippen LogP contribution in [-0.2, 0) is 19.0 Å². The fourth-order valence-electron chi connectivity index (χ4n) is 0.843. The van der Waals surface area contributed by atoms with Gasteiger partial charge in [0.15, 0.2) is 0 Å². The maximum atomic E-state index is 10.4.